The van der Waals surface area contributed by atoms with Crippen LogP contribution in [-0.4, -0.2) is 47.9 Å². The molecule has 0 N–H and O–H groups in total. The minimum absolute atomic E-state index is 0.0428. The van der Waals surface area contributed by atoms with E-state index in [0.717, 1.165) is 24.4 Å². The number of carbonyl (C=O) groups is 2. The van der Waals surface area contributed by atoms with Crippen LogP contribution in [0.3, 0.4) is 0 Å². The SMILES string of the molecule is O=C1COc2cc(F)c(C(=O)N3CC(COc4ccc(-c5ccc(C(F)(F)F)nc5)cc4F)C3)cc2C1. The highest BCUT2D eigenvalue weighted by Crippen LogP contribution is 2.32. The summed E-state index contributed by atoms with van der Waals surface area (Å²) < 4.78 is 77.8. The fourth-order valence-corrected chi connectivity index (χ4v) is 4.21. The van der Waals surface area contributed by atoms with Crippen molar-refractivity contribution in [2.75, 3.05) is 26.3 Å². The average molecular weight is 518 g/mol. The number of benzene rings is 2. The molecule has 1 saturated heterocycles. The molecule has 3 heterocycles. The fraction of sp³-hybridized carbons (Fsp3) is 0.269. The van der Waals surface area contributed by atoms with Crippen LogP contribution < -0.4 is 9.47 Å². The number of nitrogens with zero attached hydrogens (tertiary/aromatic N) is 2. The number of rotatable bonds is 5. The molecule has 3 aromatic rings. The third-order valence-electron chi connectivity index (χ3n) is 6.19. The van der Waals surface area contributed by atoms with Gasteiger partial charge in [0.25, 0.3) is 5.91 Å². The third-order valence-corrected chi connectivity index (χ3v) is 6.19. The molecule has 0 unspecified atom stereocenters. The van der Waals surface area contributed by atoms with Gasteiger partial charge >= 0.3 is 6.18 Å². The molecule has 0 aliphatic carbocycles. The Labute approximate surface area is 207 Å². The van der Waals surface area contributed by atoms with Gasteiger partial charge in [-0.05, 0) is 29.8 Å². The fourth-order valence-electron chi connectivity index (χ4n) is 4.21. The summed E-state index contributed by atoms with van der Waals surface area (Å²) in [4.78, 5) is 29.1. The minimum Gasteiger partial charge on any atom is -0.490 e. The lowest BCUT2D eigenvalue weighted by atomic mass is 9.97. The van der Waals surface area contributed by atoms with E-state index in [0.29, 0.717) is 16.7 Å². The van der Waals surface area contributed by atoms with Crippen LogP contribution in [0.2, 0.25) is 0 Å². The van der Waals surface area contributed by atoms with E-state index in [-0.39, 0.29) is 61.5 Å². The van der Waals surface area contributed by atoms with Crippen LogP contribution in [-0.2, 0) is 17.4 Å². The summed E-state index contributed by atoms with van der Waals surface area (Å²) in [5.74, 6) is -2.00. The van der Waals surface area contributed by atoms with Crippen LogP contribution >= 0.6 is 0 Å². The van der Waals surface area contributed by atoms with Crippen molar-refractivity contribution in [2.24, 2.45) is 5.92 Å². The Morgan fingerprint density at radius 3 is 2.49 bits per heavy atom. The number of amides is 1. The second kappa shape index (κ2) is 9.45. The Kier molecular flexibility index (Phi) is 6.30. The summed E-state index contributed by atoms with van der Waals surface area (Å²) in [5.41, 5.74) is -0.0611. The second-order valence-corrected chi connectivity index (χ2v) is 8.91. The van der Waals surface area contributed by atoms with E-state index in [4.69, 9.17) is 9.47 Å². The predicted octanol–water partition coefficient (Wildman–Crippen LogP) is 4.70. The molecule has 1 fully saturated rings. The van der Waals surface area contributed by atoms with Gasteiger partial charge in [0.15, 0.2) is 17.3 Å². The maximum absolute atomic E-state index is 14.5. The molecule has 11 heteroatoms. The van der Waals surface area contributed by atoms with E-state index in [2.05, 4.69) is 4.98 Å². The first-order valence-electron chi connectivity index (χ1n) is 11.3. The summed E-state index contributed by atoms with van der Waals surface area (Å²) in [6.45, 7) is 0.545. The molecule has 2 aliphatic rings. The normalized spacial score (nSPS) is 15.6. The van der Waals surface area contributed by atoms with Crippen LogP contribution in [0, 0.1) is 17.6 Å². The molecule has 6 nitrogen and oxygen atoms in total. The van der Waals surface area contributed by atoms with E-state index in [9.17, 15) is 31.5 Å². The first-order valence-corrected chi connectivity index (χ1v) is 11.3. The van der Waals surface area contributed by atoms with Crippen molar-refractivity contribution < 1.29 is 41.0 Å². The van der Waals surface area contributed by atoms with Gasteiger partial charge in [-0.15, -0.1) is 0 Å². The highest BCUT2D eigenvalue weighted by Gasteiger charge is 2.34. The third kappa shape index (κ3) is 5.11. The first kappa shape index (κ1) is 24.7. The number of ether oxygens (including phenoxy) is 2. The Hall–Kier alpha value is -4.02. The quantitative estimate of drug-likeness (QED) is 0.458. The minimum atomic E-state index is -4.56. The largest absolute Gasteiger partial charge is 0.490 e. The van der Waals surface area contributed by atoms with Gasteiger partial charge in [-0.25, -0.2) is 8.78 Å². The molecule has 0 spiro atoms. The average Bonchev–Trinajstić information content (AvgIpc) is 2.83. The molecule has 37 heavy (non-hydrogen) atoms. The van der Waals surface area contributed by atoms with Crippen LogP contribution in [0.1, 0.15) is 21.6 Å². The van der Waals surface area contributed by atoms with E-state index in [1.165, 1.54) is 29.2 Å². The number of Topliss-reactive ketones (excluding diaryl/α,β-unsaturated/α-hetero) is 1. The lowest BCUT2D eigenvalue weighted by Gasteiger charge is -2.39. The lowest BCUT2D eigenvalue weighted by Crippen LogP contribution is -2.52. The summed E-state index contributed by atoms with van der Waals surface area (Å²) in [6, 6.07) is 8.51. The summed E-state index contributed by atoms with van der Waals surface area (Å²) in [6.07, 6.45) is -3.46. The van der Waals surface area contributed by atoms with Crippen LogP contribution in [0.4, 0.5) is 22.0 Å². The van der Waals surface area contributed by atoms with Crippen molar-refractivity contribution in [2.45, 2.75) is 12.6 Å². The number of pyridine rings is 1. The molecule has 1 amide bonds. The number of hydrogen-bond acceptors (Lipinski definition) is 5. The van der Waals surface area contributed by atoms with Gasteiger partial charge in [-0.1, -0.05) is 12.1 Å². The number of aromatic nitrogens is 1. The van der Waals surface area contributed by atoms with Gasteiger partial charge in [0.1, 0.15) is 23.9 Å². The van der Waals surface area contributed by atoms with Crippen molar-refractivity contribution >= 4 is 11.7 Å². The van der Waals surface area contributed by atoms with Gasteiger partial charge in [-0.3, -0.25) is 14.6 Å². The number of ketones is 1. The van der Waals surface area contributed by atoms with E-state index < -0.39 is 29.4 Å². The molecular formula is C26H19F5N2O4. The molecule has 0 bridgehead atoms. The number of carbonyl (C=O) groups excluding carboxylic acids is 2. The number of hydrogen-bond donors (Lipinski definition) is 0. The molecular weight excluding hydrogens is 499 g/mol. The Bertz CT molecular complexity index is 1370. The maximum Gasteiger partial charge on any atom is 0.433 e. The Balaban J connectivity index is 1.16. The van der Waals surface area contributed by atoms with E-state index in [1.54, 1.807) is 0 Å². The Morgan fingerprint density at radius 2 is 1.81 bits per heavy atom. The summed E-state index contributed by atoms with van der Waals surface area (Å²) in [7, 11) is 0. The molecule has 0 saturated carbocycles. The zero-order chi connectivity index (χ0) is 26.3. The van der Waals surface area contributed by atoms with Crippen molar-refractivity contribution in [1.82, 2.24) is 9.88 Å². The monoisotopic (exact) mass is 518 g/mol. The molecule has 5 rings (SSSR count). The van der Waals surface area contributed by atoms with Crippen molar-refractivity contribution in [3.8, 4) is 22.6 Å². The van der Waals surface area contributed by atoms with Gasteiger partial charge < -0.3 is 14.4 Å². The molecule has 2 aromatic carbocycles. The maximum atomic E-state index is 14.5. The number of fused-ring (bicyclic) bond motifs is 1. The molecule has 2 aliphatic heterocycles. The Morgan fingerprint density at radius 1 is 1.05 bits per heavy atom. The number of likely N-dealkylation sites (tertiary alicyclic amines) is 1. The summed E-state index contributed by atoms with van der Waals surface area (Å²) >= 11 is 0. The van der Waals surface area contributed by atoms with Gasteiger partial charge in [-0.2, -0.15) is 13.2 Å². The van der Waals surface area contributed by atoms with E-state index in [1.807, 2.05) is 0 Å². The molecule has 0 radical (unpaired) electrons. The van der Waals surface area contributed by atoms with Crippen molar-refractivity contribution in [3.05, 3.63) is 77.1 Å². The zero-order valence-corrected chi connectivity index (χ0v) is 19.1. The van der Waals surface area contributed by atoms with Gasteiger partial charge in [0, 0.05) is 48.8 Å². The van der Waals surface area contributed by atoms with Gasteiger partial charge in [0.05, 0.1) is 12.2 Å². The number of alkyl halides is 3. The smallest absolute Gasteiger partial charge is 0.433 e. The highest BCUT2D eigenvalue weighted by atomic mass is 19.4. The zero-order valence-electron chi connectivity index (χ0n) is 19.1. The lowest BCUT2D eigenvalue weighted by molar-refractivity contribution is -0.141. The second-order valence-electron chi connectivity index (χ2n) is 8.91. The van der Waals surface area contributed by atoms with Crippen LogP contribution in [0.25, 0.3) is 11.1 Å². The molecule has 1 aromatic heterocycles. The number of halogens is 5. The van der Waals surface area contributed by atoms with Crippen LogP contribution in [0.5, 0.6) is 11.5 Å². The summed E-state index contributed by atoms with van der Waals surface area (Å²) in [5, 5.41) is 0. The standard InChI is InChI=1S/C26H19F5N2O4/c27-20-8-23-17(5-18(34)13-37-23)6-19(20)25(35)33-10-14(11-33)12-36-22-3-1-15(7-21(22)28)16-2-4-24(32-9-16)26(29,30)31/h1-4,6-9,14H,5,10-13H2. The van der Waals surface area contributed by atoms with Crippen LogP contribution in [0.15, 0.2) is 48.7 Å². The highest BCUT2D eigenvalue weighted by molar-refractivity contribution is 5.96. The predicted molar refractivity (Wildman–Crippen MR) is 120 cm³/mol. The molecule has 192 valence electrons. The van der Waals surface area contributed by atoms with E-state index >= 15 is 0 Å². The van der Waals surface area contributed by atoms with Crippen molar-refractivity contribution in [1.29, 1.82) is 0 Å². The topological polar surface area (TPSA) is 68.7 Å². The first-order chi connectivity index (χ1) is 17.6. The molecule has 0 atom stereocenters. The van der Waals surface area contributed by atoms with Gasteiger partial charge in [0.2, 0.25) is 0 Å². The van der Waals surface area contributed by atoms with Crippen molar-refractivity contribution in [3.63, 3.8) is 0 Å².